The van der Waals surface area contributed by atoms with Crippen LogP contribution in [0.5, 0.6) is 0 Å². The Balaban J connectivity index is 0.000000206. The van der Waals surface area contributed by atoms with E-state index in [0.717, 1.165) is 18.3 Å². The van der Waals surface area contributed by atoms with E-state index in [0.29, 0.717) is 29.3 Å². The van der Waals surface area contributed by atoms with Crippen molar-refractivity contribution in [2.24, 2.45) is 28.6 Å². The molecule has 0 aromatic rings. The molecule has 5 aliphatic rings. The predicted octanol–water partition coefficient (Wildman–Crippen LogP) is 5.79. The van der Waals surface area contributed by atoms with Gasteiger partial charge in [0.2, 0.25) is 0 Å². The van der Waals surface area contributed by atoms with Gasteiger partial charge >= 0.3 is 11.9 Å². The first kappa shape index (κ1) is 23.7. The average Bonchev–Trinajstić information content (AvgIpc) is 3.57. The first-order valence-corrected chi connectivity index (χ1v) is 12.1. The number of carbonyl (C=O) groups excluding carboxylic acids is 1. The van der Waals surface area contributed by atoms with Gasteiger partial charge in [-0.05, 0) is 68.1 Å². The molecule has 0 aliphatic heterocycles. The highest BCUT2D eigenvalue weighted by molar-refractivity contribution is 5.89. The summed E-state index contributed by atoms with van der Waals surface area (Å²) in [5.74, 6) is 0.411. The van der Waals surface area contributed by atoms with Crippen molar-refractivity contribution in [2.75, 3.05) is 0 Å². The minimum Gasteiger partial charge on any atom is -0.478 e. The standard InChI is InChI=1S/C19H28O.C4H4O4.C3H6/c1-18-11-4-3-5-13(18)6-7-14-15-8-9-17(20)19(15,2)12-10-16(14)18;5-3(6)1-2-4(7)8;1-2-3-1/h6,14-16H,3-5,7-12H2,1-2H3;1-2H,(H,5,6)(H,7,8);1-3H2/b;2-1+;/t14?,15?,16?,18-,19-;;/m0../s1. The van der Waals surface area contributed by atoms with Crippen molar-refractivity contribution in [1.82, 2.24) is 0 Å². The van der Waals surface area contributed by atoms with Crippen molar-refractivity contribution >= 4 is 17.7 Å². The number of hydrogen-bond acceptors (Lipinski definition) is 3. The zero-order chi connectivity index (χ0) is 22.6. The number of hydrogen-bond donors (Lipinski definition) is 2. The smallest absolute Gasteiger partial charge is 0.328 e. The number of aliphatic carboxylic acids is 2. The minimum absolute atomic E-state index is 0.0392. The predicted molar refractivity (Wildman–Crippen MR) is 120 cm³/mol. The molecular formula is C26H38O5. The Kier molecular flexibility index (Phi) is 7.43. The van der Waals surface area contributed by atoms with E-state index in [1.165, 1.54) is 70.6 Å². The maximum Gasteiger partial charge on any atom is 0.328 e. The number of ketones is 1. The number of rotatable bonds is 2. The SMILES string of the molecule is C1CC1.C[C@]12CCCCC1=CCC1C2CC[C@]2(C)C(=O)CCC12.O=C(O)/C=C/C(=O)O. The molecule has 5 nitrogen and oxygen atoms in total. The van der Waals surface area contributed by atoms with Crippen molar-refractivity contribution < 1.29 is 24.6 Å². The van der Waals surface area contributed by atoms with Crippen molar-refractivity contribution in [3.8, 4) is 0 Å². The van der Waals surface area contributed by atoms with Crippen LogP contribution in [0.25, 0.3) is 0 Å². The summed E-state index contributed by atoms with van der Waals surface area (Å²) in [6, 6.07) is 0. The van der Waals surface area contributed by atoms with E-state index < -0.39 is 11.9 Å². The summed E-state index contributed by atoms with van der Waals surface area (Å²) >= 11 is 0. The summed E-state index contributed by atoms with van der Waals surface area (Å²) in [6.45, 7) is 4.83. The van der Waals surface area contributed by atoms with Crippen molar-refractivity contribution in [3.63, 3.8) is 0 Å². The summed E-state index contributed by atoms with van der Waals surface area (Å²) in [7, 11) is 0. The van der Waals surface area contributed by atoms with Gasteiger partial charge in [0.15, 0.2) is 0 Å². The van der Waals surface area contributed by atoms with Crippen molar-refractivity contribution in [2.45, 2.75) is 90.9 Å². The van der Waals surface area contributed by atoms with Crippen LogP contribution in [0.4, 0.5) is 0 Å². The molecule has 0 heterocycles. The van der Waals surface area contributed by atoms with Gasteiger partial charge in [0.1, 0.15) is 5.78 Å². The lowest BCUT2D eigenvalue weighted by Gasteiger charge is -2.56. The quantitative estimate of drug-likeness (QED) is 0.427. The molecule has 5 atom stereocenters. The van der Waals surface area contributed by atoms with Crippen LogP contribution in [0.1, 0.15) is 90.9 Å². The lowest BCUT2D eigenvalue weighted by Crippen LogP contribution is -2.49. The second kappa shape index (κ2) is 9.70. The Bertz CT molecular complexity index is 745. The van der Waals surface area contributed by atoms with E-state index in [4.69, 9.17) is 10.2 Å². The van der Waals surface area contributed by atoms with E-state index in [-0.39, 0.29) is 5.41 Å². The molecular weight excluding hydrogens is 392 g/mol. The van der Waals surface area contributed by atoms with Crippen LogP contribution in [-0.4, -0.2) is 27.9 Å². The number of carboxylic acids is 2. The van der Waals surface area contributed by atoms with Gasteiger partial charge in [-0.2, -0.15) is 0 Å². The van der Waals surface area contributed by atoms with E-state index >= 15 is 0 Å². The molecule has 0 aromatic carbocycles. The third-order valence-corrected chi connectivity index (χ3v) is 8.45. The zero-order valence-corrected chi connectivity index (χ0v) is 19.1. The van der Waals surface area contributed by atoms with Crippen LogP contribution in [0.15, 0.2) is 23.8 Å². The number of carbonyl (C=O) groups is 3. The largest absolute Gasteiger partial charge is 0.478 e. The summed E-state index contributed by atoms with van der Waals surface area (Å²) in [6.07, 6.45) is 19.5. The van der Waals surface area contributed by atoms with E-state index in [1.54, 1.807) is 5.57 Å². The van der Waals surface area contributed by atoms with Crippen LogP contribution < -0.4 is 0 Å². The van der Waals surface area contributed by atoms with Crippen LogP contribution in [-0.2, 0) is 14.4 Å². The molecule has 0 amide bonds. The molecule has 0 bridgehead atoms. The Morgan fingerprint density at radius 1 is 0.871 bits per heavy atom. The first-order valence-electron chi connectivity index (χ1n) is 12.1. The van der Waals surface area contributed by atoms with Gasteiger partial charge in [0.05, 0.1) is 0 Å². The van der Waals surface area contributed by atoms with Crippen LogP contribution in [0.3, 0.4) is 0 Å². The van der Waals surface area contributed by atoms with Gasteiger partial charge in [0, 0.05) is 24.0 Å². The first-order chi connectivity index (χ1) is 14.7. The highest BCUT2D eigenvalue weighted by Crippen LogP contribution is 2.63. The number of carboxylic acid groups (broad SMARTS) is 2. The molecule has 3 unspecified atom stereocenters. The molecule has 5 heteroatoms. The van der Waals surface area contributed by atoms with Gasteiger partial charge < -0.3 is 10.2 Å². The van der Waals surface area contributed by atoms with E-state index in [1.807, 2.05) is 0 Å². The number of Topliss-reactive ketones (excluding diaryl/α,β-unsaturated/α-hetero) is 1. The van der Waals surface area contributed by atoms with Crippen LogP contribution >= 0.6 is 0 Å². The van der Waals surface area contributed by atoms with Gasteiger partial charge in [-0.25, -0.2) is 9.59 Å². The molecule has 31 heavy (non-hydrogen) atoms. The average molecular weight is 431 g/mol. The maximum absolute atomic E-state index is 12.4. The molecule has 5 aliphatic carbocycles. The van der Waals surface area contributed by atoms with Gasteiger partial charge in [-0.15, -0.1) is 0 Å². The lowest BCUT2D eigenvalue weighted by molar-refractivity contribution is -0.134. The molecule has 4 saturated carbocycles. The maximum atomic E-state index is 12.4. The van der Waals surface area contributed by atoms with E-state index in [9.17, 15) is 14.4 Å². The second-order valence-electron chi connectivity index (χ2n) is 10.5. The Morgan fingerprint density at radius 3 is 2.06 bits per heavy atom. The fourth-order valence-corrected chi connectivity index (χ4v) is 6.61. The zero-order valence-electron chi connectivity index (χ0n) is 19.1. The highest BCUT2D eigenvalue weighted by atomic mass is 16.4. The molecule has 172 valence electrons. The molecule has 4 fully saturated rings. The molecule has 0 spiro atoms. The van der Waals surface area contributed by atoms with Crippen LogP contribution in [0, 0.1) is 28.6 Å². The molecule has 0 saturated heterocycles. The summed E-state index contributed by atoms with van der Waals surface area (Å²) < 4.78 is 0. The summed E-state index contributed by atoms with van der Waals surface area (Å²) in [5.41, 5.74) is 2.30. The molecule has 2 N–H and O–H groups in total. The van der Waals surface area contributed by atoms with Crippen LogP contribution in [0.2, 0.25) is 0 Å². The normalized spacial score (nSPS) is 37.7. The summed E-state index contributed by atoms with van der Waals surface area (Å²) in [5, 5.41) is 15.6. The third-order valence-electron chi connectivity index (χ3n) is 8.45. The molecule has 5 rings (SSSR count). The monoisotopic (exact) mass is 430 g/mol. The molecule has 0 radical (unpaired) electrons. The lowest BCUT2D eigenvalue weighted by atomic mass is 9.48. The Morgan fingerprint density at radius 2 is 1.48 bits per heavy atom. The minimum atomic E-state index is -1.26. The second-order valence-corrected chi connectivity index (χ2v) is 10.5. The summed E-state index contributed by atoms with van der Waals surface area (Å²) in [4.78, 5) is 31.5. The fourth-order valence-electron chi connectivity index (χ4n) is 6.61. The van der Waals surface area contributed by atoms with Crippen molar-refractivity contribution in [3.05, 3.63) is 23.8 Å². The highest BCUT2D eigenvalue weighted by Gasteiger charge is 2.58. The Hall–Kier alpha value is -1.91. The van der Waals surface area contributed by atoms with E-state index in [2.05, 4.69) is 19.9 Å². The van der Waals surface area contributed by atoms with Gasteiger partial charge in [-0.3, -0.25) is 4.79 Å². The van der Waals surface area contributed by atoms with Gasteiger partial charge in [-0.1, -0.05) is 51.2 Å². The number of fused-ring (bicyclic) bond motifs is 5. The Labute approximate surface area is 186 Å². The fraction of sp³-hybridized carbons (Fsp3) is 0.731. The third kappa shape index (κ3) is 5.30. The molecule has 0 aromatic heterocycles. The topological polar surface area (TPSA) is 91.7 Å². The number of allylic oxidation sites excluding steroid dienone is 2. The van der Waals surface area contributed by atoms with Gasteiger partial charge in [0.25, 0.3) is 0 Å². The van der Waals surface area contributed by atoms with Crippen molar-refractivity contribution in [1.29, 1.82) is 0 Å².